The van der Waals surface area contributed by atoms with Gasteiger partial charge in [-0.2, -0.15) is 5.10 Å². The molecule has 3 aromatic rings. The first-order valence-electron chi connectivity index (χ1n) is 8.49. The van der Waals surface area contributed by atoms with Crippen LogP contribution in [-0.2, 0) is 13.1 Å². The minimum absolute atomic E-state index is 0.127. The molecule has 3 rings (SSSR count). The Morgan fingerprint density at radius 3 is 2.68 bits per heavy atom. The van der Waals surface area contributed by atoms with Crippen molar-refractivity contribution >= 4 is 0 Å². The fourth-order valence-corrected chi connectivity index (χ4v) is 3.24. The number of hydrogen-bond acceptors (Lipinski definition) is 4. The van der Waals surface area contributed by atoms with Crippen molar-refractivity contribution in [3.8, 4) is 5.69 Å². The lowest BCUT2D eigenvalue weighted by molar-refractivity contribution is 0.184. The number of aromatic nitrogens is 3. The van der Waals surface area contributed by atoms with Crippen LogP contribution in [0.15, 0.2) is 55.1 Å². The van der Waals surface area contributed by atoms with E-state index in [-0.39, 0.29) is 6.61 Å². The quantitative estimate of drug-likeness (QED) is 0.721. The smallest absolute Gasteiger partial charge is 0.0719 e. The van der Waals surface area contributed by atoms with Crippen molar-refractivity contribution in [3.63, 3.8) is 0 Å². The number of aryl methyl sites for hydroxylation is 2. The lowest BCUT2D eigenvalue weighted by Crippen LogP contribution is -2.27. The molecule has 0 aliphatic heterocycles. The van der Waals surface area contributed by atoms with Crippen LogP contribution in [0, 0.1) is 13.8 Å². The summed E-state index contributed by atoms with van der Waals surface area (Å²) in [5.74, 6) is 0. The fourth-order valence-electron chi connectivity index (χ4n) is 3.24. The molecule has 0 spiro atoms. The molecule has 2 heterocycles. The van der Waals surface area contributed by atoms with Crippen molar-refractivity contribution in [2.75, 3.05) is 13.2 Å². The van der Waals surface area contributed by atoms with Crippen LogP contribution in [0.2, 0.25) is 0 Å². The second-order valence-electron chi connectivity index (χ2n) is 6.34. The maximum Gasteiger partial charge on any atom is 0.0719 e. The summed E-state index contributed by atoms with van der Waals surface area (Å²) in [5.41, 5.74) is 5.89. The van der Waals surface area contributed by atoms with E-state index in [9.17, 15) is 5.11 Å². The summed E-state index contributed by atoms with van der Waals surface area (Å²) in [6.45, 7) is 6.46. The van der Waals surface area contributed by atoms with E-state index in [1.54, 1.807) is 12.4 Å². The minimum atomic E-state index is 0.127. The largest absolute Gasteiger partial charge is 0.395 e. The van der Waals surface area contributed by atoms with E-state index in [4.69, 9.17) is 0 Å². The maximum atomic E-state index is 9.48. The molecular weight excluding hydrogens is 312 g/mol. The highest BCUT2D eigenvalue weighted by Gasteiger charge is 2.14. The standard InChI is InChI=1S/C20H24N4O/c1-16-11-17(2)20(24-8-4-7-22-24)19(12-16)15-23(9-10-25)14-18-5-3-6-21-13-18/h3-8,11-13,25H,9-10,14-15H2,1-2H3. The molecule has 130 valence electrons. The van der Waals surface area contributed by atoms with Gasteiger partial charge in [0, 0.05) is 44.4 Å². The van der Waals surface area contributed by atoms with Crippen LogP contribution in [0.25, 0.3) is 5.69 Å². The van der Waals surface area contributed by atoms with Crippen molar-refractivity contribution in [2.45, 2.75) is 26.9 Å². The molecule has 0 aliphatic rings. The Labute approximate surface area is 148 Å². The first-order valence-corrected chi connectivity index (χ1v) is 8.49. The molecule has 5 nitrogen and oxygen atoms in total. The summed E-state index contributed by atoms with van der Waals surface area (Å²) in [5, 5.41) is 13.9. The van der Waals surface area contributed by atoms with Crippen LogP contribution >= 0.6 is 0 Å². The van der Waals surface area contributed by atoms with Gasteiger partial charge in [0.25, 0.3) is 0 Å². The van der Waals surface area contributed by atoms with Gasteiger partial charge in [-0.3, -0.25) is 9.88 Å². The molecule has 5 heteroatoms. The Kier molecular flexibility index (Phi) is 5.58. The zero-order chi connectivity index (χ0) is 17.6. The first kappa shape index (κ1) is 17.3. The van der Waals surface area contributed by atoms with Gasteiger partial charge in [-0.05, 0) is 42.7 Å². The van der Waals surface area contributed by atoms with Crippen LogP contribution in [0.3, 0.4) is 0 Å². The molecule has 0 bridgehead atoms. The highest BCUT2D eigenvalue weighted by Crippen LogP contribution is 2.23. The summed E-state index contributed by atoms with van der Waals surface area (Å²) >= 11 is 0. The van der Waals surface area contributed by atoms with Crippen molar-refractivity contribution in [3.05, 3.63) is 77.4 Å². The number of pyridine rings is 1. The van der Waals surface area contributed by atoms with Crippen molar-refractivity contribution in [2.24, 2.45) is 0 Å². The normalized spacial score (nSPS) is 11.2. The molecule has 0 atom stereocenters. The van der Waals surface area contributed by atoms with Gasteiger partial charge < -0.3 is 5.11 Å². The Balaban J connectivity index is 1.91. The van der Waals surface area contributed by atoms with Crippen LogP contribution in [0.5, 0.6) is 0 Å². The summed E-state index contributed by atoms with van der Waals surface area (Å²) < 4.78 is 1.92. The maximum absolute atomic E-state index is 9.48. The Hall–Kier alpha value is -2.50. The Morgan fingerprint density at radius 2 is 2.00 bits per heavy atom. The average Bonchev–Trinajstić information content (AvgIpc) is 3.09. The summed E-state index contributed by atoms with van der Waals surface area (Å²) in [6, 6.07) is 10.3. The highest BCUT2D eigenvalue weighted by atomic mass is 16.3. The van der Waals surface area contributed by atoms with E-state index in [0.29, 0.717) is 6.54 Å². The Bertz CT molecular complexity index is 800. The van der Waals surface area contributed by atoms with E-state index < -0.39 is 0 Å². The average molecular weight is 336 g/mol. The molecule has 0 amide bonds. The number of rotatable bonds is 7. The van der Waals surface area contributed by atoms with Crippen molar-refractivity contribution in [1.29, 1.82) is 0 Å². The van der Waals surface area contributed by atoms with E-state index in [1.807, 2.05) is 29.2 Å². The van der Waals surface area contributed by atoms with Crippen molar-refractivity contribution < 1.29 is 5.11 Å². The zero-order valence-corrected chi connectivity index (χ0v) is 14.8. The van der Waals surface area contributed by atoms with Crippen LogP contribution in [-0.4, -0.2) is 37.9 Å². The molecule has 1 aromatic carbocycles. The van der Waals surface area contributed by atoms with Gasteiger partial charge in [0.15, 0.2) is 0 Å². The zero-order valence-electron chi connectivity index (χ0n) is 14.8. The molecule has 0 fully saturated rings. The fraction of sp³-hybridized carbons (Fsp3) is 0.300. The topological polar surface area (TPSA) is 54.2 Å². The molecule has 1 N–H and O–H groups in total. The first-order chi connectivity index (χ1) is 12.2. The summed E-state index contributed by atoms with van der Waals surface area (Å²) in [4.78, 5) is 6.42. The predicted molar refractivity (Wildman–Crippen MR) is 98.5 cm³/mol. The Morgan fingerprint density at radius 1 is 1.12 bits per heavy atom. The number of aliphatic hydroxyl groups excluding tert-OH is 1. The molecular formula is C20H24N4O. The third-order valence-electron chi connectivity index (χ3n) is 4.20. The molecule has 25 heavy (non-hydrogen) atoms. The monoisotopic (exact) mass is 336 g/mol. The number of hydrogen-bond donors (Lipinski definition) is 1. The number of benzene rings is 1. The van der Waals surface area contributed by atoms with Crippen molar-refractivity contribution in [1.82, 2.24) is 19.7 Å². The van der Waals surface area contributed by atoms with E-state index in [0.717, 1.165) is 24.3 Å². The van der Waals surface area contributed by atoms with Gasteiger partial charge >= 0.3 is 0 Å². The van der Waals surface area contributed by atoms with E-state index >= 15 is 0 Å². The summed E-state index contributed by atoms with van der Waals surface area (Å²) in [7, 11) is 0. The highest BCUT2D eigenvalue weighted by molar-refractivity contribution is 5.49. The second-order valence-corrected chi connectivity index (χ2v) is 6.34. The third kappa shape index (κ3) is 4.32. The van der Waals surface area contributed by atoms with Gasteiger partial charge in [-0.15, -0.1) is 0 Å². The van der Waals surface area contributed by atoms with Gasteiger partial charge in [0.2, 0.25) is 0 Å². The van der Waals surface area contributed by atoms with E-state index in [1.165, 1.54) is 16.7 Å². The third-order valence-corrected chi connectivity index (χ3v) is 4.20. The van der Waals surface area contributed by atoms with Crippen LogP contribution in [0.4, 0.5) is 0 Å². The summed E-state index contributed by atoms with van der Waals surface area (Å²) in [6.07, 6.45) is 7.42. The lowest BCUT2D eigenvalue weighted by atomic mass is 10.0. The number of aliphatic hydroxyl groups is 1. The second kappa shape index (κ2) is 8.05. The van der Waals surface area contributed by atoms with Gasteiger partial charge in [0.05, 0.1) is 12.3 Å². The lowest BCUT2D eigenvalue weighted by Gasteiger charge is -2.24. The molecule has 0 unspecified atom stereocenters. The minimum Gasteiger partial charge on any atom is -0.395 e. The molecule has 0 aliphatic carbocycles. The van der Waals surface area contributed by atoms with E-state index in [2.05, 4.69) is 47.0 Å². The number of nitrogens with zero attached hydrogens (tertiary/aromatic N) is 4. The van der Waals surface area contributed by atoms with Gasteiger partial charge in [-0.25, -0.2) is 4.68 Å². The molecule has 2 aromatic heterocycles. The molecule has 0 saturated heterocycles. The van der Waals surface area contributed by atoms with Gasteiger partial charge in [-0.1, -0.05) is 23.8 Å². The van der Waals surface area contributed by atoms with Gasteiger partial charge in [0.1, 0.15) is 0 Å². The molecule has 0 saturated carbocycles. The van der Waals surface area contributed by atoms with Crippen LogP contribution < -0.4 is 0 Å². The van der Waals surface area contributed by atoms with Crippen LogP contribution in [0.1, 0.15) is 22.3 Å². The SMILES string of the molecule is Cc1cc(C)c(-n2cccn2)c(CN(CCO)Cc2cccnc2)c1. The molecule has 0 radical (unpaired) electrons. The predicted octanol–water partition coefficient (Wildman–Crippen LogP) is 2.88.